The Kier molecular flexibility index (Phi) is 12.6. The SMILES string of the molecule is [2H]C([2H])([2H])Oc1cc(CN2CCN(C3CC4(C3)CN(c3ccc(C(=O)NS(=O)(=O)c5ccc(NCC6CCC(C)(O)CC6)c([N+](=O)[O-])c5)c(Oc5cnc6[nH]cc(F)c6c5)c3)C4)[C@H](c3ccccc3C(C)C)C2)cc2ccoc12. The van der Waals surface area contributed by atoms with Crippen molar-refractivity contribution in [1.29, 1.82) is 0 Å². The number of carbonyl (C=O) groups excluding carboxylic acids is 1. The Morgan fingerprint density at radius 3 is 2.63 bits per heavy atom. The molecule has 3 aromatic heterocycles. The Morgan fingerprint density at radius 2 is 1.86 bits per heavy atom. The molecule has 2 aliphatic carbocycles. The monoisotopic (exact) mass is 1060 g/mol. The van der Waals surface area contributed by atoms with Crippen LogP contribution in [-0.2, 0) is 16.6 Å². The van der Waals surface area contributed by atoms with Crippen LogP contribution in [0.25, 0.3) is 22.0 Å². The average molecular weight is 1060 g/mol. The molecule has 0 unspecified atom stereocenters. The third-order valence-corrected chi connectivity index (χ3v) is 17.5. The molecule has 1 atom stereocenters. The molecule has 1 spiro atoms. The van der Waals surface area contributed by atoms with E-state index in [0.29, 0.717) is 43.5 Å². The van der Waals surface area contributed by atoms with Gasteiger partial charge in [-0.2, -0.15) is 0 Å². The molecule has 4 aliphatic rings. The summed E-state index contributed by atoms with van der Waals surface area (Å²) in [5.74, 6) is -0.872. The first-order chi connectivity index (χ1) is 37.6. The van der Waals surface area contributed by atoms with Gasteiger partial charge in [0.1, 0.15) is 28.7 Å². The van der Waals surface area contributed by atoms with Gasteiger partial charge in [-0.15, -0.1) is 0 Å². The molecule has 2 saturated carbocycles. The number of furan rings is 1. The molecule has 398 valence electrons. The number of amides is 1. The van der Waals surface area contributed by atoms with Gasteiger partial charge in [-0.25, -0.2) is 22.5 Å². The molecular weight excluding hydrogens is 992 g/mol. The van der Waals surface area contributed by atoms with Crippen LogP contribution in [0, 0.1) is 27.3 Å². The third-order valence-electron chi connectivity index (χ3n) is 16.2. The van der Waals surface area contributed by atoms with Gasteiger partial charge in [0.15, 0.2) is 11.3 Å². The highest BCUT2D eigenvalue weighted by molar-refractivity contribution is 7.90. The summed E-state index contributed by atoms with van der Waals surface area (Å²) in [6, 6.07) is 24.4. The van der Waals surface area contributed by atoms with Crippen LogP contribution >= 0.6 is 0 Å². The van der Waals surface area contributed by atoms with E-state index >= 15 is 0 Å². The van der Waals surface area contributed by atoms with Crippen LogP contribution in [0.2, 0.25) is 0 Å². The van der Waals surface area contributed by atoms with Gasteiger partial charge in [-0.1, -0.05) is 38.1 Å². The van der Waals surface area contributed by atoms with Crippen molar-refractivity contribution in [3.05, 3.63) is 142 Å². The number of nitro groups is 1. The second-order valence-electron chi connectivity index (χ2n) is 21.9. The summed E-state index contributed by atoms with van der Waals surface area (Å²) in [5.41, 5.74) is 3.71. The largest absolute Gasteiger partial charge is 0.493 e. The minimum Gasteiger partial charge on any atom is -0.493 e. The topological polar surface area (TPSA) is 209 Å². The highest BCUT2D eigenvalue weighted by Crippen LogP contribution is 2.54. The van der Waals surface area contributed by atoms with E-state index in [9.17, 15) is 32.8 Å². The number of aliphatic hydroxyl groups is 1. The number of anilines is 2. The molecule has 4 fully saturated rings. The number of nitrogens with zero attached hydrogens (tertiary/aromatic N) is 5. The Hall–Kier alpha value is -7.06. The lowest BCUT2D eigenvalue weighted by Gasteiger charge is -2.63. The number of aromatic amines is 1. The number of rotatable bonds is 16. The van der Waals surface area contributed by atoms with Gasteiger partial charge in [0.05, 0.1) is 50.0 Å². The van der Waals surface area contributed by atoms with Gasteiger partial charge in [-0.05, 0) is 123 Å². The Bertz CT molecular complexity index is 3570. The van der Waals surface area contributed by atoms with Gasteiger partial charge in [-0.3, -0.25) is 24.7 Å². The van der Waals surface area contributed by atoms with E-state index in [0.717, 1.165) is 81.1 Å². The van der Waals surface area contributed by atoms with Crippen molar-refractivity contribution in [3.63, 3.8) is 0 Å². The molecule has 7 aromatic rings. The number of benzene rings is 4. The van der Waals surface area contributed by atoms with Crippen molar-refractivity contribution < 1.29 is 45.6 Å². The van der Waals surface area contributed by atoms with Crippen LogP contribution in [0.1, 0.15) is 102 Å². The number of sulfonamides is 1. The maximum atomic E-state index is 14.8. The number of H-pyrrole nitrogens is 1. The van der Waals surface area contributed by atoms with Crippen LogP contribution in [0.5, 0.6) is 17.2 Å². The van der Waals surface area contributed by atoms with Crippen LogP contribution in [0.15, 0.2) is 113 Å². The summed E-state index contributed by atoms with van der Waals surface area (Å²) in [4.78, 5) is 39.5. The Balaban J connectivity index is 0.797. The number of pyridine rings is 1. The molecule has 2 aliphatic heterocycles. The second kappa shape index (κ2) is 20.1. The van der Waals surface area contributed by atoms with E-state index in [1.807, 2.05) is 12.1 Å². The van der Waals surface area contributed by atoms with Crippen LogP contribution < -0.4 is 24.4 Å². The summed E-state index contributed by atoms with van der Waals surface area (Å²) < 4.78 is 85.1. The number of ether oxygens (including phenoxy) is 2. The quantitative estimate of drug-likeness (QED) is 0.0525. The van der Waals surface area contributed by atoms with E-state index in [1.54, 1.807) is 25.1 Å². The molecule has 4 N–H and O–H groups in total. The van der Waals surface area contributed by atoms with Crippen molar-refractivity contribution >= 4 is 55.0 Å². The highest BCUT2D eigenvalue weighted by Gasteiger charge is 2.55. The molecule has 0 radical (unpaired) electrons. The number of piperazine rings is 1. The van der Waals surface area contributed by atoms with E-state index in [1.165, 1.54) is 54.0 Å². The number of hydrogen-bond acceptors (Lipinski definition) is 14. The van der Waals surface area contributed by atoms with Crippen LogP contribution in [-0.4, -0.2) is 102 Å². The molecule has 2 saturated heterocycles. The summed E-state index contributed by atoms with van der Waals surface area (Å²) in [6.07, 6.45) is 8.67. The summed E-state index contributed by atoms with van der Waals surface area (Å²) in [5, 5.41) is 26.6. The molecule has 1 amide bonds. The fourth-order valence-electron chi connectivity index (χ4n) is 12.1. The molecule has 4 aromatic carbocycles. The molecule has 11 rings (SSSR count). The van der Waals surface area contributed by atoms with Gasteiger partial charge in [0.2, 0.25) is 0 Å². The highest BCUT2D eigenvalue weighted by atomic mass is 32.2. The predicted octanol–water partition coefficient (Wildman–Crippen LogP) is 10.3. The zero-order valence-corrected chi connectivity index (χ0v) is 43.4. The van der Waals surface area contributed by atoms with Crippen LogP contribution in [0.4, 0.5) is 21.5 Å². The van der Waals surface area contributed by atoms with Crippen LogP contribution in [0.3, 0.4) is 0 Å². The maximum absolute atomic E-state index is 14.8. The van der Waals surface area contributed by atoms with Crippen molar-refractivity contribution in [2.24, 2.45) is 11.3 Å². The van der Waals surface area contributed by atoms with Gasteiger partial charge < -0.3 is 34.2 Å². The number of halogens is 1. The van der Waals surface area contributed by atoms with Gasteiger partial charge in [0.25, 0.3) is 21.6 Å². The molecule has 17 nitrogen and oxygen atoms in total. The molecule has 76 heavy (non-hydrogen) atoms. The fraction of sp³-hybridized carbons (Fsp3) is 0.404. The van der Waals surface area contributed by atoms with Crippen molar-refractivity contribution in [3.8, 4) is 17.2 Å². The number of fused-ring (bicyclic) bond motifs is 2. The van der Waals surface area contributed by atoms with E-state index in [2.05, 4.69) is 72.8 Å². The predicted molar refractivity (Wildman–Crippen MR) is 287 cm³/mol. The number of hydrogen-bond donors (Lipinski definition) is 4. The lowest BCUT2D eigenvalue weighted by atomic mass is 9.59. The normalized spacial score (nSPS) is 21.9. The Morgan fingerprint density at radius 1 is 1.05 bits per heavy atom. The smallest absolute Gasteiger partial charge is 0.293 e. The average Bonchev–Trinajstić information content (AvgIpc) is 4.18. The van der Waals surface area contributed by atoms with E-state index in [-0.39, 0.29) is 56.9 Å². The number of carbonyl (C=O) groups is 1. The minimum atomic E-state index is -4.67. The molecule has 0 bridgehead atoms. The molecular formula is C57H63FN8O9S. The van der Waals surface area contributed by atoms with Crippen molar-refractivity contribution in [2.75, 3.05) is 56.5 Å². The summed E-state index contributed by atoms with van der Waals surface area (Å²) in [6.45, 7) is 11.1. The number of nitrogens with one attached hydrogen (secondary N) is 3. The standard InChI is InChI=1S/C57H63FN8O9S/c1-35(2)43-7-5-6-8-44(43)50-32-63(31-37-21-38-15-20-74-53(38)52(22-37)73-4)18-19-65(50)40-26-57(27-40)33-64(34-57)39-9-11-45(51(23-39)75-41-24-46-47(58)30-61-54(46)60-29-41)55(67)62-76(71,72)42-10-12-48(49(25-42)66(69)70)59-28-36-13-16-56(3,68)17-14-36/h5-12,15,20-25,29-30,35-36,40,50,59,68H,13-14,16-19,26-28,31-34H2,1-4H3,(H,60,61)(H,62,67)/t36?,50-,56?/m0/s1/i4D3. The molecule has 5 heterocycles. The maximum Gasteiger partial charge on any atom is 0.293 e. The first kappa shape index (κ1) is 47.4. The molecule has 19 heteroatoms. The first-order valence-electron chi connectivity index (χ1n) is 27.4. The second-order valence-corrected chi connectivity index (χ2v) is 23.6. The Labute approximate surface area is 444 Å². The zero-order valence-electron chi connectivity index (χ0n) is 45.6. The summed E-state index contributed by atoms with van der Waals surface area (Å²) >= 11 is 0. The number of nitro benzene ring substituents is 1. The third kappa shape index (κ3) is 10.2. The van der Waals surface area contributed by atoms with Crippen molar-refractivity contribution in [1.82, 2.24) is 24.5 Å². The first-order valence-corrected chi connectivity index (χ1v) is 27.3. The minimum absolute atomic E-state index is 0.0141. The number of methoxy groups -OCH3 is 1. The summed E-state index contributed by atoms with van der Waals surface area (Å²) in [7, 11) is -7.31. The lowest BCUT2D eigenvalue weighted by molar-refractivity contribution is -0.384. The number of aromatic nitrogens is 2. The van der Waals surface area contributed by atoms with E-state index < -0.39 is 49.9 Å². The zero-order chi connectivity index (χ0) is 55.6. The van der Waals surface area contributed by atoms with Gasteiger partial charge >= 0.3 is 0 Å². The lowest BCUT2D eigenvalue weighted by Crippen LogP contribution is -2.68. The van der Waals surface area contributed by atoms with E-state index in [4.69, 9.17) is 18.0 Å². The van der Waals surface area contributed by atoms with Crippen molar-refractivity contribution in [2.45, 2.75) is 94.3 Å². The van der Waals surface area contributed by atoms with Gasteiger partial charge in [0, 0.05) is 92.7 Å². The fourth-order valence-corrected chi connectivity index (χ4v) is 13.0.